The van der Waals surface area contributed by atoms with Crippen LogP contribution in [0.2, 0.25) is 0 Å². The first-order valence-corrected chi connectivity index (χ1v) is 11.3. The number of hydrogen-bond acceptors (Lipinski definition) is 3. The lowest BCUT2D eigenvalue weighted by atomic mass is 9.85. The van der Waals surface area contributed by atoms with Crippen LogP contribution in [0, 0.1) is 30.6 Å². The largest absolute Gasteiger partial charge is 0.349 e. The van der Waals surface area contributed by atoms with Gasteiger partial charge in [-0.3, -0.25) is 9.32 Å². The fourth-order valence-corrected chi connectivity index (χ4v) is 3.69. The first-order chi connectivity index (χ1) is 13.7. The van der Waals surface area contributed by atoms with Gasteiger partial charge in [0.25, 0.3) is 0 Å². The average Bonchev–Trinajstić information content (AvgIpc) is 2.66. The Morgan fingerprint density at radius 1 is 1.10 bits per heavy atom. The third-order valence-corrected chi connectivity index (χ3v) is 5.92. The Hall–Kier alpha value is -1.51. The van der Waals surface area contributed by atoms with Crippen molar-refractivity contribution in [3.05, 3.63) is 47.0 Å². The van der Waals surface area contributed by atoms with Gasteiger partial charge in [0.2, 0.25) is 5.91 Å². The second-order valence-corrected chi connectivity index (χ2v) is 9.25. The average molecular weight is 420 g/mol. The van der Waals surface area contributed by atoms with E-state index < -0.39 is 0 Å². The molecule has 0 heterocycles. The summed E-state index contributed by atoms with van der Waals surface area (Å²) in [7, 11) is 3.37. The molecule has 1 amide bonds. The Morgan fingerprint density at radius 3 is 2.31 bits per heavy atom. The number of carbonyl (C=O) groups excluding carboxylic acids is 1. The molecule has 29 heavy (non-hydrogen) atoms. The van der Waals surface area contributed by atoms with Crippen molar-refractivity contribution in [1.29, 1.82) is 0 Å². The molecule has 4 nitrogen and oxygen atoms in total. The molecule has 0 unspecified atom stereocenters. The van der Waals surface area contributed by atoms with Crippen LogP contribution in [-0.2, 0) is 26.9 Å². The minimum absolute atomic E-state index is 0.0405. The van der Waals surface area contributed by atoms with E-state index in [0.717, 1.165) is 30.4 Å². The van der Waals surface area contributed by atoms with Crippen molar-refractivity contribution in [2.45, 2.75) is 60.5 Å². The molecule has 0 saturated carbocycles. The Kier molecular flexibility index (Phi) is 11.4. The van der Waals surface area contributed by atoms with E-state index >= 15 is 0 Å². The van der Waals surface area contributed by atoms with Crippen LogP contribution >= 0.6 is 8.69 Å². The fourth-order valence-electron chi connectivity index (χ4n) is 3.50. The molecule has 0 aromatic heterocycles. The first kappa shape index (κ1) is 25.5. The van der Waals surface area contributed by atoms with Crippen LogP contribution in [0.5, 0.6) is 0 Å². The number of amides is 1. The topological polar surface area (TPSA) is 46.6 Å². The summed E-state index contributed by atoms with van der Waals surface area (Å²) < 4.78 is 15.6. The molecule has 2 atom stereocenters. The lowest BCUT2D eigenvalue weighted by Crippen LogP contribution is -2.32. The normalized spacial score (nSPS) is 14.1. The number of benzene rings is 1. The molecule has 0 saturated heterocycles. The van der Waals surface area contributed by atoms with Crippen molar-refractivity contribution in [2.75, 3.05) is 14.1 Å². The monoisotopic (exact) mass is 419 g/mol. The number of aryl methyl sites for hydroxylation is 1. The summed E-state index contributed by atoms with van der Waals surface area (Å²) in [6, 6.07) is 6.46. The van der Waals surface area contributed by atoms with Crippen LogP contribution < -0.4 is 0 Å². The Bertz CT molecular complexity index is 683. The molecule has 5 heteroatoms. The van der Waals surface area contributed by atoms with Gasteiger partial charge in [0.15, 0.2) is 0 Å². The summed E-state index contributed by atoms with van der Waals surface area (Å²) in [5.41, 5.74) is 3.53. The lowest BCUT2D eigenvalue weighted by molar-refractivity contribution is -0.134. The Labute approximate surface area is 179 Å². The van der Waals surface area contributed by atoms with Gasteiger partial charge in [0.1, 0.15) is 0 Å². The maximum absolute atomic E-state index is 12.4. The third-order valence-electron chi connectivity index (χ3n) is 5.69. The van der Waals surface area contributed by atoms with Gasteiger partial charge in [-0.15, -0.1) is 0 Å². The van der Waals surface area contributed by atoms with Crippen molar-refractivity contribution >= 4 is 14.6 Å². The fraction of sp³-hybridized carbons (Fsp3) is 0.625. The standard InChI is InChI=1S/C24H38NO3P/c1-17(2)21(10-8-9-11-23(18(3)4)24(26)25(6)7)14-20-13-12-19(5)22(15-20)16-28-29-27/h8-9,12-13,15,17-18,21,23H,10-11,14,16H2,1-7H3/b9-8+/t21-,23+/m1/s1. The van der Waals surface area contributed by atoms with E-state index in [1.165, 1.54) is 5.56 Å². The Balaban J connectivity index is 2.75. The van der Waals surface area contributed by atoms with E-state index in [1.807, 2.05) is 21.0 Å². The van der Waals surface area contributed by atoms with Crippen molar-refractivity contribution in [3.63, 3.8) is 0 Å². The molecule has 1 aromatic rings. The van der Waals surface area contributed by atoms with Crippen molar-refractivity contribution in [3.8, 4) is 0 Å². The van der Waals surface area contributed by atoms with E-state index in [4.69, 9.17) is 4.52 Å². The van der Waals surface area contributed by atoms with Gasteiger partial charge in [-0.2, -0.15) is 0 Å². The van der Waals surface area contributed by atoms with E-state index in [9.17, 15) is 9.36 Å². The second-order valence-electron chi connectivity index (χ2n) is 8.84. The highest BCUT2D eigenvalue weighted by molar-refractivity contribution is 7.17. The minimum Gasteiger partial charge on any atom is -0.349 e. The summed E-state index contributed by atoms with van der Waals surface area (Å²) in [6.07, 6.45) is 7.22. The lowest BCUT2D eigenvalue weighted by Gasteiger charge is -2.23. The van der Waals surface area contributed by atoms with Gasteiger partial charge in [-0.05, 0) is 60.6 Å². The van der Waals surface area contributed by atoms with Crippen LogP contribution in [0.1, 0.15) is 57.2 Å². The number of rotatable bonds is 12. The van der Waals surface area contributed by atoms with E-state index in [1.54, 1.807) is 4.90 Å². The van der Waals surface area contributed by atoms with Crippen molar-refractivity contribution in [2.24, 2.45) is 23.7 Å². The molecular weight excluding hydrogens is 381 g/mol. The van der Waals surface area contributed by atoms with Gasteiger partial charge in [-0.25, -0.2) is 4.57 Å². The number of allylic oxidation sites excluding steroid dienone is 2. The van der Waals surface area contributed by atoms with Crippen LogP contribution in [0.4, 0.5) is 0 Å². The maximum Gasteiger partial charge on any atom is 0.327 e. The second kappa shape index (κ2) is 12.9. The van der Waals surface area contributed by atoms with Gasteiger partial charge < -0.3 is 4.90 Å². The van der Waals surface area contributed by atoms with Gasteiger partial charge in [0, 0.05) is 20.0 Å². The summed E-state index contributed by atoms with van der Waals surface area (Å²) in [5.74, 6) is 1.67. The predicted octanol–water partition coefficient (Wildman–Crippen LogP) is 6.23. The highest BCUT2D eigenvalue weighted by Crippen LogP contribution is 2.24. The highest BCUT2D eigenvalue weighted by Gasteiger charge is 2.22. The predicted molar refractivity (Wildman–Crippen MR) is 121 cm³/mol. The van der Waals surface area contributed by atoms with Gasteiger partial charge in [-0.1, -0.05) is 58.0 Å². The molecule has 162 valence electrons. The first-order valence-electron chi connectivity index (χ1n) is 10.6. The van der Waals surface area contributed by atoms with Crippen LogP contribution in [0.3, 0.4) is 0 Å². The van der Waals surface area contributed by atoms with Crippen LogP contribution in [0.25, 0.3) is 0 Å². The highest BCUT2D eigenvalue weighted by atomic mass is 31.1. The summed E-state index contributed by atoms with van der Waals surface area (Å²) in [4.78, 5) is 14.1. The molecule has 0 bridgehead atoms. The molecule has 0 aliphatic rings. The molecule has 0 fully saturated rings. The molecule has 0 radical (unpaired) electrons. The molecule has 1 aromatic carbocycles. The van der Waals surface area contributed by atoms with Crippen LogP contribution in [-0.4, -0.2) is 24.9 Å². The molecule has 0 spiro atoms. The van der Waals surface area contributed by atoms with E-state index in [0.29, 0.717) is 24.4 Å². The summed E-state index contributed by atoms with van der Waals surface area (Å²) in [5, 5.41) is 0. The summed E-state index contributed by atoms with van der Waals surface area (Å²) >= 11 is 0. The Morgan fingerprint density at radius 2 is 1.76 bits per heavy atom. The molecule has 0 aliphatic heterocycles. The minimum atomic E-state index is -0.280. The number of hydrogen-bond donors (Lipinski definition) is 0. The molecule has 0 N–H and O–H groups in total. The third kappa shape index (κ3) is 8.80. The van der Waals surface area contributed by atoms with E-state index in [-0.39, 0.29) is 20.5 Å². The smallest absolute Gasteiger partial charge is 0.327 e. The molecule has 0 aliphatic carbocycles. The molecule has 1 rings (SSSR count). The number of nitrogens with zero attached hydrogens (tertiary/aromatic N) is 1. The van der Waals surface area contributed by atoms with Crippen molar-refractivity contribution < 1.29 is 13.9 Å². The summed E-state index contributed by atoms with van der Waals surface area (Å²) in [6.45, 7) is 11.2. The van der Waals surface area contributed by atoms with E-state index in [2.05, 4.69) is 58.0 Å². The van der Waals surface area contributed by atoms with Crippen LogP contribution in [0.15, 0.2) is 30.4 Å². The zero-order chi connectivity index (χ0) is 22.0. The SMILES string of the molecule is Cc1ccc(C[C@@H](C/C=C/C[C@H](C(=O)N(C)C)C(C)C)C(C)C)cc1COP=O. The van der Waals surface area contributed by atoms with Crippen molar-refractivity contribution in [1.82, 2.24) is 4.90 Å². The van der Waals surface area contributed by atoms with Gasteiger partial charge in [0.05, 0.1) is 6.61 Å². The zero-order valence-corrected chi connectivity index (χ0v) is 20.0. The van der Waals surface area contributed by atoms with Gasteiger partial charge >= 0.3 is 8.69 Å². The maximum atomic E-state index is 12.4. The molecular formula is C24H38NO3P. The zero-order valence-electron chi connectivity index (χ0n) is 19.1. The quantitative estimate of drug-likeness (QED) is 0.298. The number of carbonyl (C=O) groups is 1.